The third-order valence-electron chi connectivity index (χ3n) is 5.71. The molecule has 2 saturated heterocycles. The molecular weight excluding hydrogens is 457 g/mol. The summed E-state index contributed by atoms with van der Waals surface area (Å²) < 4.78 is 50.9. The van der Waals surface area contributed by atoms with E-state index in [2.05, 4.69) is 5.32 Å². The molecule has 1 N–H and O–H groups in total. The summed E-state index contributed by atoms with van der Waals surface area (Å²) in [6.45, 7) is 3.50. The molecule has 2 aromatic rings. The maximum absolute atomic E-state index is 13.4. The molecule has 0 bridgehead atoms. The maximum atomic E-state index is 13.4. The number of nitrogens with zero attached hydrogens (tertiary/aromatic N) is 3. The number of nitro groups is 1. The van der Waals surface area contributed by atoms with Gasteiger partial charge in [0.2, 0.25) is 0 Å². The topological polar surface area (TPSA) is 97.2 Å². The average molecular weight is 480 g/mol. The van der Waals surface area contributed by atoms with Gasteiger partial charge in [-0.25, -0.2) is 0 Å². The first-order valence-corrected chi connectivity index (χ1v) is 10.7. The van der Waals surface area contributed by atoms with Gasteiger partial charge in [-0.2, -0.15) is 13.2 Å². The van der Waals surface area contributed by atoms with Crippen LogP contribution in [0.4, 0.5) is 35.9 Å². The number of amides is 1. The fraction of sp³-hybridized carbons (Fsp3) is 0.409. The molecule has 0 atom stereocenters. The Hall–Kier alpha value is -3.38. The summed E-state index contributed by atoms with van der Waals surface area (Å²) in [6, 6.07) is 7.09. The first-order valence-electron chi connectivity index (χ1n) is 10.7. The first-order chi connectivity index (χ1) is 16.2. The molecule has 1 amide bonds. The highest BCUT2D eigenvalue weighted by atomic mass is 19.4. The van der Waals surface area contributed by atoms with Crippen LogP contribution in [0.3, 0.4) is 0 Å². The van der Waals surface area contributed by atoms with Crippen LogP contribution in [0.25, 0.3) is 0 Å². The number of halogens is 3. The predicted molar refractivity (Wildman–Crippen MR) is 119 cm³/mol. The molecule has 0 unspecified atom stereocenters. The van der Waals surface area contributed by atoms with Gasteiger partial charge >= 0.3 is 6.18 Å². The van der Waals surface area contributed by atoms with Crippen molar-refractivity contribution in [2.24, 2.45) is 0 Å². The van der Waals surface area contributed by atoms with Crippen molar-refractivity contribution in [3.8, 4) is 0 Å². The number of anilines is 3. The Balaban J connectivity index is 1.72. The van der Waals surface area contributed by atoms with Crippen LogP contribution in [0, 0.1) is 10.1 Å². The molecule has 0 radical (unpaired) electrons. The molecule has 0 aromatic heterocycles. The zero-order valence-corrected chi connectivity index (χ0v) is 18.1. The second-order valence-corrected chi connectivity index (χ2v) is 7.84. The number of nitrogens with one attached hydrogen (secondary N) is 1. The van der Waals surface area contributed by atoms with Crippen LogP contribution in [0.2, 0.25) is 0 Å². The summed E-state index contributed by atoms with van der Waals surface area (Å²) in [7, 11) is 0. The number of hydrogen-bond acceptors (Lipinski definition) is 7. The van der Waals surface area contributed by atoms with Gasteiger partial charge < -0.3 is 24.6 Å². The van der Waals surface area contributed by atoms with E-state index < -0.39 is 22.6 Å². The highest BCUT2D eigenvalue weighted by molar-refractivity contribution is 6.10. The summed E-state index contributed by atoms with van der Waals surface area (Å²) in [6.07, 6.45) is -4.60. The van der Waals surface area contributed by atoms with Crippen molar-refractivity contribution in [1.29, 1.82) is 0 Å². The second-order valence-electron chi connectivity index (χ2n) is 7.84. The highest BCUT2D eigenvalue weighted by Gasteiger charge is 2.32. The van der Waals surface area contributed by atoms with E-state index in [1.807, 2.05) is 9.80 Å². The Labute approximate surface area is 193 Å². The van der Waals surface area contributed by atoms with Gasteiger partial charge in [-0.3, -0.25) is 14.9 Å². The van der Waals surface area contributed by atoms with Crippen LogP contribution in [-0.4, -0.2) is 63.4 Å². The van der Waals surface area contributed by atoms with Gasteiger partial charge in [0, 0.05) is 38.3 Å². The van der Waals surface area contributed by atoms with Gasteiger partial charge in [-0.1, -0.05) is 0 Å². The number of alkyl halides is 3. The van der Waals surface area contributed by atoms with Gasteiger partial charge in [0.15, 0.2) is 0 Å². The molecule has 4 rings (SSSR count). The van der Waals surface area contributed by atoms with Crippen molar-refractivity contribution in [3.63, 3.8) is 0 Å². The minimum atomic E-state index is -4.60. The van der Waals surface area contributed by atoms with E-state index in [0.717, 1.165) is 18.2 Å². The lowest BCUT2D eigenvalue weighted by Gasteiger charge is -2.32. The Bertz CT molecular complexity index is 1070. The molecule has 2 aliphatic heterocycles. The molecule has 0 spiro atoms. The van der Waals surface area contributed by atoms with Gasteiger partial charge in [0.1, 0.15) is 0 Å². The van der Waals surface area contributed by atoms with Crippen molar-refractivity contribution in [1.82, 2.24) is 0 Å². The van der Waals surface area contributed by atoms with E-state index in [1.165, 1.54) is 18.2 Å². The number of rotatable bonds is 5. The fourth-order valence-corrected chi connectivity index (χ4v) is 3.98. The number of ether oxygens (including phenoxy) is 2. The molecule has 2 aromatic carbocycles. The van der Waals surface area contributed by atoms with E-state index in [0.29, 0.717) is 64.0 Å². The second kappa shape index (κ2) is 9.85. The molecule has 182 valence electrons. The van der Waals surface area contributed by atoms with Gasteiger partial charge in [0.05, 0.1) is 59.5 Å². The molecule has 2 fully saturated rings. The summed E-state index contributed by atoms with van der Waals surface area (Å²) >= 11 is 0. The van der Waals surface area contributed by atoms with Crippen LogP contribution in [0.5, 0.6) is 0 Å². The van der Waals surface area contributed by atoms with E-state index in [1.54, 1.807) is 0 Å². The number of non-ortho nitro benzene ring substituents is 1. The Morgan fingerprint density at radius 3 is 2.03 bits per heavy atom. The monoisotopic (exact) mass is 480 g/mol. The predicted octanol–water partition coefficient (Wildman–Crippen LogP) is 3.54. The van der Waals surface area contributed by atoms with E-state index in [-0.39, 0.29) is 16.9 Å². The van der Waals surface area contributed by atoms with E-state index in [9.17, 15) is 28.1 Å². The third kappa shape index (κ3) is 5.23. The molecule has 2 heterocycles. The number of carbonyl (C=O) groups excluding carboxylic acids is 1. The molecule has 34 heavy (non-hydrogen) atoms. The van der Waals surface area contributed by atoms with Gasteiger partial charge in [0.25, 0.3) is 11.6 Å². The fourth-order valence-electron chi connectivity index (χ4n) is 3.98. The Morgan fingerprint density at radius 2 is 1.47 bits per heavy atom. The van der Waals surface area contributed by atoms with Crippen LogP contribution >= 0.6 is 0 Å². The molecule has 12 heteroatoms. The molecule has 2 aliphatic rings. The average Bonchev–Trinajstić information content (AvgIpc) is 2.84. The minimum Gasteiger partial charge on any atom is -0.378 e. The number of nitro benzene ring substituents is 1. The third-order valence-corrected chi connectivity index (χ3v) is 5.71. The normalized spacial score (nSPS) is 16.9. The van der Waals surface area contributed by atoms with Crippen molar-refractivity contribution < 1.29 is 32.4 Å². The highest BCUT2D eigenvalue weighted by Crippen LogP contribution is 2.36. The summed E-state index contributed by atoms with van der Waals surface area (Å²) in [5.41, 5.74) is -0.358. The SMILES string of the molecule is O=C(Nc1cc(C(F)(F)F)ccc1N1CCOCC1)c1cc([N+](=O)[O-])ccc1N1CCOCC1. The minimum absolute atomic E-state index is 0.00133. The Kier molecular flexibility index (Phi) is 6.89. The molecular formula is C22H23F3N4O5. The lowest BCUT2D eigenvalue weighted by molar-refractivity contribution is -0.384. The van der Waals surface area contributed by atoms with Gasteiger partial charge in [-0.15, -0.1) is 0 Å². The number of hydrogen-bond donors (Lipinski definition) is 1. The van der Waals surface area contributed by atoms with Crippen LogP contribution < -0.4 is 15.1 Å². The number of benzene rings is 2. The van der Waals surface area contributed by atoms with Crippen LogP contribution in [0.1, 0.15) is 15.9 Å². The number of carbonyl (C=O) groups is 1. The molecule has 9 nitrogen and oxygen atoms in total. The number of morpholine rings is 2. The van der Waals surface area contributed by atoms with Crippen molar-refractivity contribution in [2.75, 3.05) is 67.7 Å². The summed E-state index contributed by atoms with van der Waals surface area (Å²) in [4.78, 5) is 27.7. The molecule has 0 aliphatic carbocycles. The largest absolute Gasteiger partial charge is 0.416 e. The lowest BCUT2D eigenvalue weighted by Crippen LogP contribution is -2.38. The summed E-state index contributed by atoms with van der Waals surface area (Å²) in [5.74, 6) is -0.737. The van der Waals surface area contributed by atoms with E-state index in [4.69, 9.17) is 9.47 Å². The van der Waals surface area contributed by atoms with Crippen molar-refractivity contribution >= 4 is 28.7 Å². The zero-order valence-electron chi connectivity index (χ0n) is 18.1. The van der Waals surface area contributed by atoms with Crippen molar-refractivity contribution in [2.45, 2.75) is 6.18 Å². The van der Waals surface area contributed by atoms with E-state index >= 15 is 0 Å². The van der Waals surface area contributed by atoms with Crippen LogP contribution in [-0.2, 0) is 15.7 Å². The standard InChI is InChI=1S/C22H23F3N4O5/c23-22(24,25)15-1-3-20(28-7-11-34-12-8-28)18(13-15)26-21(30)17-14-16(29(31)32)2-4-19(17)27-5-9-33-10-6-27/h1-4,13-14H,5-12H2,(H,26,30). The molecule has 0 saturated carbocycles. The summed E-state index contributed by atoms with van der Waals surface area (Å²) in [5, 5.41) is 13.9. The zero-order chi connectivity index (χ0) is 24.3. The first kappa shape index (κ1) is 23.8. The van der Waals surface area contributed by atoms with Crippen LogP contribution in [0.15, 0.2) is 36.4 Å². The lowest BCUT2D eigenvalue weighted by atomic mass is 10.1. The Morgan fingerprint density at radius 1 is 0.912 bits per heavy atom. The smallest absolute Gasteiger partial charge is 0.378 e. The quantitative estimate of drug-likeness (QED) is 0.517. The van der Waals surface area contributed by atoms with Gasteiger partial charge in [-0.05, 0) is 24.3 Å². The maximum Gasteiger partial charge on any atom is 0.416 e. The van der Waals surface area contributed by atoms with Crippen molar-refractivity contribution in [3.05, 3.63) is 57.6 Å².